The maximum Gasteiger partial charge on any atom is 0.218 e. The van der Waals surface area contributed by atoms with Crippen LogP contribution in [-0.2, 0) is 13.1 Å². The predicted octanol–water partition coefficient (Wildman–Crippen LogP) is 2.50. The molecule has 0 spiro atoms. The molecule has 2 heterocycles. The summed E-state index contributed by atoms with van der Waals surface area (Å²) in [5.74, 6) is 1.40. The summed E-state index contributed by atoms with van der Waals surface area (Å²) in [5, 5.41) is 7.57. The van der Waals surface area contributed by atoms with Gasteiger partial charge < -0.3 is 15.4 Å². The molecule has 0 aromatic carbocycles. The van der Waals surface area contributed by atoms with E-state index in [0.29, 0.717) is 25.6 Å². The standard InChI is InChI=1S/C16H23N5OS/c1-4-8-22-15-13(6-5-7-18-15)10-20-16(17-3)21-11-14-19-9-12(2)23-14/h5-7,9H,4,8,10-11H2,1-3H3,(H2,17,20,21). The minimum atomic E-state index is 0.601. The predicted molar refractivity (Wildman–Crippen MR) is 93.9 cm³/mol. The number of hydrogen-bond donors (Lipinski definition) is 2. The quantitative estimate of drug-likeness (QED) is 0.602. The van der Waals surface area contributed by atoms with Gasteiger partial charge in [0.15, 0.2) is 5.96 Å². The first-order valence-corrected chi connectivity index (χ1v) is 8.47. The lowest BCUT2D eigenvalue weighted by Gasteiger charge is -2.13. The van der Waals surface area contributed by atoms with E-state index in [2.05, 4.69) is 39.4 Å². The second kappa shape index (κ2) is 9.09. The van der Waals surface area contributed by atoms with Gasteiger partial charge in [-0.3, -0.25) is 4.99 Å². The topological polar surface area (TPSA) is 71.4 Å². The number of aromatic nitrogens is 2. The molecule has 6 nitrogen and oxygen atoms in total. The summed E-state index contributed by atoms with van der Waals surface area (Å²) >= 11 is 1.68. The number of aryl methyl sites for hydroxylation is 1. The molecule has 2 rings (SSSR count). The van der Waals surface area contributed by atoms with Crippen molar-refractivity contribution in [2.75, 3.05) is 13.7 Å². The van der Waals surface area contributed by atoms with E-state index in [1.54, 1.807) is 24.6 Å². The highest BCUT2D eigenvalue weighted by Gasteiger charge is 2.06. The Balaban J connectivity index is 1.88. The number of aliphatic imine (C=N–C) groups is 1. The van der Waals surface area contributed by atoms with Gasteiger partial charge in [-0.1, -0.05) is 13.0 Å². The van der Waals surface area contributed by atoms with E-state index in [4.69, 9.17) is 4.74 Å². The van der Waals surface area contributed by atoms with Crippen molar-refractivity contribution in [3.05, 3.63) is 40.0 Å². The van der Waals surface area contributed by atoms with Crippen LogP contribution in [0.3, 0.4) is 0 Å². The van der Waals surface area contributed by atoms with Crippen molar-refractivity contribution in [1.29, 1.82) is 0 Å². The van der Waals surface area contributed by atoms with Crippen LogP contribution in [0.4, 0.5) is 0 Å². The monoisotopic (exact) mass is 333 g/mol. The van der Waals surface area contributed by atoms with Crippen molar-refractivity contribution in [3.63, 3.8) is 0 Å². The largest absolute Gasteiger partial charge is 0.477 e. The van der Waals surface area contributed by atoms with E-state index in [0.717, 1.165) is 23.0 Å². The Kier molecular flexibility index (Phi) is 6.80. The minimum Gasteiger partial charge on any atom is -0.477 e. The third-order valence-electron chi connectivity index (χ3n) is 3.04. The van der Waals surface area contributed by atoms with Crippen LogP contribution in [0.5, 0.6) is 5.88 Å². The van der Waals surface area contributed by atoms with Gasteiger partial charge >= 0.3 is 0 Å². The molecular weight excluding hydrogens is 310 g/mol. The lowest BCUT2D eigenvalue weighted by atomic mass is 10.2. The summed E-state index contributed by atoms with van der Waals surface area (Å²) in [5.41, 5.74) is 1.01. The molecule has 0 aliphatic carbocycles. The Morgan fingerprint density at radius 3 is 2.83 bits per heavy atom. The summed E-state index contributed by atoms with van der Waals surface area (Å²) in [6, 6.07) is 3.91. The summed E-state index contributed by atoms with van der Waals surface area (Å²) in [4.78, 5) is 14.1. The molecule has 0 fully saturated rings. The van der Waals surface area contributed by atoms with E-state index < -0.39 is 0 Å². The van der Waals surface area contributed by atoms with Gasteiger partial charge in [0.05, 0.1) is 13.2 Å². The Morgan fingerprint density at radius 2 is 2.13 bits per heavy atom. The smallest absolute Gasteiger partial charge is 0.218 e. The van der Waals surface area contributed by atoms with E-state index in [-0.39, 0.29) is 0 Å². The van der Waals surface area contributed by atoms with Gasteiger partial charge in [-0.15, -0.1) is 11.3 Å². The second-order valence-electron chi connectivity index (χ2n) is 4.96. The number of guanidine groups is 1. The van der Waals surface area contributed by atoms with Crippen LogP contribution in [-0.4, -0.2) is 29.6 Å². The minimum absolute atomic E-state index is 0.601. The van der Waals surface area contributed by atoms with Crippen molar-refractivity contribution < 1.29 is 4.74 Å². The van der Waals surface area contributed by atoms with Gasteiger partial charge in [0, 0.05) is 36.4 Å². The van der Waals surface area contributed by atoms with Gasteiger partial charge in [-0.2, -0.15) is 0 Å². The fraction of sp³-hybridized carbons (Fsp3) is 0.438. The summed E-state index contributed by atoms with van der Waals surface area (Å²) in [7, 11) is 1.75. The van der Waals surface area contributed by atoms with E-state index in [1.807, 2.05) is 18.3 Å². The molecule has 0 radical (unpaired) electrons. The van der Waals surface area contributed by atoms with Crippen LogP contribution in [0, 0.1) is 6.92 Å². The Labute approximate surface area is 141 Å². The first-order chi connectivity index (χ1) is 11.2. The molecule has 0 saturated heterocycles. The number of ether oxygens (including phenoxy) is 1. The molecule has 0 unspecified atom stereocenters. The van der Waals surface area contributed by atoms with E-state index in [9.17, 15) is 0 Å². The molecule has 7 heteroatoms. The molecule has 0 atom stereocenters. The highest BCUT2D eigenvalue weighted by atomic mass is 32.1. The molecule has 0 bridgehead atoms. The summed E-state index contributed by atoms with van der Waals surface area (Å²) in [6.45, 7) is 6.05. The van der Waals surface area contributed by atoms with Crippen LogP contribution < -0.4 is 15.4 Å². The molecule has 2 N–H and O–H groups in total. The first-order valence-electron chi connectivity index (χ1n) is 7.65. The number of hydrogen-bond acceptors (Lipinski definition) is 5. The zero-order chi connectivity index (χ0) is 16.5. The van der Waals surface area contributed by atoms with Gasteiger partial charge in [0.25, 0.3) is 0 Å². The maximum absolute atomic E-state index is 5.66. The molecular formula is C16H23N5OS. The number of nitrogens with zero attached hydrogens (tertiary/aromatic N) is 3. The van der Waals surface area contributed by atoms with Gasteiger partial charge in [0.2, 0.25) is 5.88 Å². The van der Waals surface area contributed by atoms with Crippen molar-refractivity contribution in [3.8, 4) is 5.88 Å². The average Bonchev–Trinajstić information content (AvgIpc) is 2.99. The fourth-order valence-electron chi connectivity index (χ4n) is 1.93. The van der Waals surface area contributed by atoms with Crippen molar-refractivity contribution >= 4 is 17.3 Å². The van der Waals surface area contributed by atoms with Crippen LogP contribution in [0.25, 0.3) is 0 Å². The van der Waals surface area contributed by atoms with Crippen molar-refractivity contribution in [2.45, 2.75) is 33.4 Å². The lowest BCUT2D eigenvalue weighted by molar-refractivity contribution is 0.301. The number of nitrogens with one attached hydrogen (secondary N) is 2. The molecule has 0 aliphatic heterocycles. The zero-order valence-corrected chi connectivity index (χ0v) is 14.6. The van der Waals surface area contributed by atoms with Crippen molar-refractivity contribution in [2.24, 2.45) is 4.99 Å². The molecule has 23 heavy (non-hydrogen) atoms. The average molecular weight is 333 g/mol. The first kappa shape index (κ1) is 17.2. The van der Waals surface area contributed by atoms with Crippen molar-refractivity contribution in [1.82, 2.24) is 20.6 Å². The molecule has 0 saturated carbocycles. The summed E-state index contributed by atoms with van der Waals surface area (Å²) < 4.78 is 5.66. The van der Waals surface area contributed by atoms with E-state index >= 15 is 0 Å². The van der Waals surface area contributed by atoms with Gasteiger partial charge in [-0.25, -0.2) is 9.97 Å². The Morgan fingerprint density at radius 1 is 1.30 bits per heavy atom. The lowest BCUT2D eigenvalue weighted by Crippen LogP contribution is -2.36. The van der Waals surface area contributed by atoms with Crippen LogP contribution >= 0.6 is 11.3 Å². The number of rotatable bonds is 7. The maximum atomic E-state index is 5.66. The second-order valence-corrected chi connectivity index (χ2v) is 6.28. The van der Waals surface area contributed by atoms with Gasteiger partial charge in [0.1, 0.15) is 5.01 Å². The van der Waals surface area contributed by atoms with Gasteiger partial charge in [-0.05, 0) is 19.4 Å². The SMILES string of the molecule is CCCOc1ncccc1CNC(=NC)NCc1ncc(C)s1. The van der Waals surface area contributed by atoms with Crippen LogP contribution in [0.1, 0.15) is 28.8 Å². The Hall–Kier alpha value is -2.15. The third-order valence-corrected chi connectivity index (χ3v) is 3.95. The number of pyridine rings is 1. The zero-order valence-electron chi connectivity index (χ0n) is 13.8. The molecule has 2 aromatic rings. The highest BCUT2D eigenvalue weighted by molar-refractivity contribution is 7.11. The normalized spacial score (nSPS) is 11.3. The third kappa shape index (κ3) is 5.52. The summed E-state index contributed by atoms with van der Waals surface area (Å²) in [6.07, 6.45) is 4.58. The van der Waals surface area contributed by atoms with Crippen LogP contribution in [0.2, 0.25) is 0 Å². The molecule has 2 aromatic heterocycles. The molecule has 0 amide bonds. The van der Waals surface area contributed by atoms with Crippen LogP contribution in [0.15, 0.2) is 29.5 Å². The fourth-order valence-corrected chi connectivity index (χ4v) is 2.66. The highest BCUT2D eigenvalue weighted by Crippen LogP contribution is 2.14. The number of thiazole rings is 1. The van der Waals surface area contributed by atoms with E-state index in [1.165, 1.54) is 4.88 Å². The molecule has 124 valence electrons. The molecule has 0 aliphatic rings. The Bertz CT molecular complexity index is 641.